The first-order valence-corrected chi connectivity index (χ1v) is 6.97. The van der Waals surface area contributed by atoms with Gasteiger partial charge in [-0.05, 0) is 44.5 Å². The van der Waals surface area contributed by atoms with Gasteiger partial charge in [-0.3, -0.25) is 0 Å². The van der Waals surface area contributed by atoms with E-state index in [-0.39, 0.29) is 10.6 Å². The summed E-state index contributed by atoms with van der Waals surface area (Å²) < 4.78 is 29.3. The molecule has 96 valence electrons. The van der Waals surface area contributed by atoms with Crippen LogP contribution >= 0.6 is 0 Å². The quantitative estimate of drug-likeness (QED) is 0.887. The lowest BCUT2D eigenvalue weighted by molar-refractivity contribution is 0.411. The number of methoxy groups -OCH3 is 1. The maximum Gasteiger partial charge on any atom is 0.180 e. The zero-order valence-corrected chi connectivity index (χ0v) is 11.5. The van der Waals surface area contributed by atoms with Crippen LogP contribution in [0.5, 0.6) is 5.75 Å². The molecule has 0 unspecified atom stereocenters. The second-order valence-electron chi connectivity index (χ2n) is 4.88. The number of hydrogen-bond donors (Lipinski definition) is 1. The molecule has 0 spiro atoms. The molecular formula is C12H19NO3S. The standard InChI is InChI=1S/C12H19NO3S/c1-9-7-10(5-6-11(9)16-4)17(14,15)8-12(2,3)13/h5-7H,8,13H2,1-4H3. The van der Waals surface area contributed by atoms with E-state index in [1.54, 1.807) is 39.2 Å². The molecule has 1 rings (SSSR count). The van der Waals surface area contributed by atoms with Gasteiger partial charge in [0.25, 0.3) is 0 Å². The Morgan fingerprint density at radius 1 is 1.35 bits per heavy atom. The molecule has 0 aliphatic heterocycles. The Morgan fingerprint density at radius 2 is 1.94 bits per heavy atom. The molecule has 5 heteroatoms. The maximum absolute atomic E-state index is 12.1. The van der Waals surface area contributed by atoms with E-state index in [1.807, 2.05) is 6.92 Å². The van der Waals surface area contributed by atoms with Gasteiger partial charge in [0.15, 0.2) is 9.84 Å². The van der Waals surface area contributed by atoms with Gasteiger partial charge in [0.1, 0.15) is 5.75 Å². The summed E-state index contributed by atoms with van der Waals surface area (Å²) in [4.78, 5) is 0.286. The van der Waals surface area contributed by atoms with E-state index >= 15 is 0 Å². The normalized spacial score (nSPS) is 12.5. The average Bonchev–Trinajstić information content (AvgIpc) is 2.13. The third-order valence-corrected chi connectivity index (χ3v) is 4.38. The van der Waals surface area contributed by atoms with E-state index in [9.17, 15) is 8.42 Å². The van der Waals surface area contributed by atoms with Crippen molar-refractivity contribution < 1.29 is 13.2 Å². The number of rotatable bonds is 4. The Morgan fingerprint density at radius 3 is 2.35 bits per heavy atom. The van der Waals surface area contributed by atoms with Gasteiger partial charge in [-0.25, -0.2) is 8.42 Å². The molecule has 1 aromatic rings. The van der Waals surface area contributed by atoms with Crippen molar-refractivity contribution >= 4 is 9.84 Å². The van der Waals surface area contributed by atoms with Crippen LogP contribution in [0.3, 0.4) is 0 Å². The van der Waals surface area contributed by atoms with Crippen LogP contribution in [-0.2, 0) is 9.84 Å². The fraction of sp³-hybridized carbons (Fsp3) is 0.500. The van der Waals surface area contributed by atoms with Gasteiger partial charge >= 0.3 is 0 Å². The molecule has 0 amide bonds. The molecular weight excluding hydrogens is 238 g/mol. The third kappa shape index (κ3) is 3.71. The maximum atomic E-state index is 12.1. The zero-order valence-electron chi connectivity index (χ0n) is 10.6. The summed E-state index contributed by atoms with van der Waals surface area (Å²) in [5, 5.41) is 0. The van der Waals surface area contributed by atoms with Gasteiger partial charge in [-0.15, -0.1) is 0 Å². The van der Waals surface area contributed by atoms with E-state index in [2.05, 4.69) is 0 Å². The Bertz CT molecular complexity index is 501. The van der Waals surface area contributed by atoms with Crippen molar-refractivity contribution in [3.8, 4) is 5.75 Å². The van der Waals surface area contributed by atoms with Crippen molar-refractivity contribution in [1.29, 1.82) is 0 Å². The number of hydrogen-bond acceptors (Lipinski definition) is 4. The lowest BCUT2D eigenvalue weighted by Crippen LogP contribution is -2.39. The first-order chi connectivity index (χ1) is 7.65. The second-order valence-corrected chi connectivity index (χ2v) is 6.87. The fourth-order valence-corrected chi connectivity index (χ4v) is 3.40. The summed E-state index contributed by atoms with van der Waals surface area (Å²) in [6.45, 7) is 5.20. The molecule has 0 saturated heterocycles. The van der Waals surface area contributed by atoms with Crippen LogP contribution in [0.2, 0.25) is 0 Å². The highest BCUT2D eigenvalue weighted by atomic mass is 32.2. The highest BCUT2D eigenvalue weighted by Gasteiger charge is 2.24. The number of ether oxygens (including phenoxy) is 1. The van der Waals surface area contributed by atoms with E-state index in [1.165, 1.54) is 0 Å². The van der Waals surface area contributed by atoms with Gasteiger partial charge < -0.3 is 10.5 Å². The van der Waals surface area contributed by atoms with Crippen molar-refractivity contribution in [3.63, 3.8) is 0 Å². The zero-order chi connectivity index (χ0) is 13.3. The van der Waals surface area contributed by atoms with Gasteiger partial charge in [-0.2, -0.15) is 0 Å². The minimum absolute atomic E-state index is 0.0776. The van der Waals surface area contributed by atoms with Crippen molar-refractivity contribution in [2.24, 2.45) is 5.73 Å². The topological polar surface area (TPSA) is 69.4 Å². The molecule has 1 aromatic carbocycles. The van der Waals surface area contributed by atoms with E-state index in [0.29, 0.717) is 5.75 Å². The Balaban J connectivity index is 3.13. The summed E-state index contributed by atoms with van der Waals surface area (Å²) in [6, 6.07) is 4.82. The summed E-state index contributed by atoms with van der Waals surface area (Å²) in [7, 11) is -1.79. The molecule has 0 aliphatic carbocycles. The largest absolute Gasteiger partial charge is 0.496 e. The smallest absolute Gasteiger partial charge is 0.180 e. The summed E-state index contributed by atoms with van der Waals surface area (Å²) in [6.07, 6.45) is 0. The summed E-state index contributed by atoms with van der Waals surface area (Å²) in [5.74, 6) is 0.599. The number of benzene rings is 1. The molecule has 0 saturated carbocycles. The van der Waals surface area contributed by atoms with Crippen LogP contribution in [0.25, 0.3) is 0 Å². The predicted octanol–water partition coefficient (Wildman–Crippen LogP) is 1.51. The minimum atomic E-state index is -3.35. The molecule has 0 heterocycles. The second kappa shape index (κ2) is 4.66. The average molecular weight is 257 g/mol. The Hall–Kier alpha value is -1.07. The molecule has 0 aromatic heterocycles. The molecule has 4 nitrogen and oxygen atoms in total. The first-order valence-electron chi connectivity index (χ1n) is 5.32. The monoisotopic (exact) mass is 257 g/mol. The van der Waals surface area contributed by atoms with Crippen LogP contribution in [0, 0.1) is 6.92 Å². The molecule has 0 atom stereocenters. The Kier molecular flexibility index (Phi) is 3.84. The van der Waals surface area contributed by atoms with Crippen LogP contribution in [0.1, 0.15) is 19.4 Å². The molecule has 0 fully saturated rings. The summed E-state index contributed by atoms with van der Waals surface area (Å²) in [5.41, 5.74) is 5.80. The van der Waals surface area contributed by atoms with Gasteiger partial charge in [0, 0.05) is 5.54 Å². The fourth-order valence-electron chi connectivity index (χ4n) is 1.62. The minimum Gasteiger partial charge on any atom is -0.496 e. The lowest BCUT2D eigenvalue weighted by Gasteiger charge is -2.18. The van der Waals surface area contributed by atoms with Crippen molar-refractivity contribution in [2.75, 3.05) is 12.9 Å². The van der Waals surface area contributed by atoms with Crippen LogP contribution in [0.4, 0.5) is 0 Å². The lowest BCUT2D eigenvalue weighted by atomic mass is 10.1. The highest BCUT2D eigenvalue weighted by Crippen LogP contribution is 2.23. The van der Waals surface area contributed by atoms with Gasteiger partial charge in [0.2, 0.25) is 0 Å². The SMILES string of the molecule is COc1ccc(S(=O)(=O)CC(C)(C)N)cc1C. The van der Waals surface area contributed by atoms with Crippen molar-refractivity contribution in [1.82, 2.24) is 0 Å². The van der Waals surface area contributed by atoms with E-state index < -0.39 is 15.4 Å². The summed E-state index contributed by atoms with van der Waals surface area (Å²) >= 11 is 0. The number of sulfone groups is 1. The van der Waals surface area contributed by atoms with Gasteiger partial charge in [0.05, 0.1) is 17.8 Å². The van der Waals surface area contributed by atoms with Gasteiger partial charge in [-0.1, -0.05) is 0 Å². The molecule has 0 aliphatic rings. The van der Waals surface area contributed by atoms with Crippen LogP contribution in [-0.4, -0.2) is 26.8 Å². The predicted molar refractivity (Wildman–Crippen MR) is 68.1 cm³/mol. The Labute approximate surface area is 103 Å². The van der Waals surface area contributed by atoms with Crippen LogP contribution in [0.15, 0.2) is 23.1 Å². The number of aryl methyl sites for hydroxylation is 1. The third-order valence-electron chi connectivity index (χ3n) is 2.29. The van der Waals surface area contributed by atoms with Crippen LogP contribution < -0.4 is 10.5 Å². The molecule has 0 bridgehead atoms. The van der Waals surface area contributed by atoms with Crippen molar-refractivity contribution in [3.05, 3.63) is 23.8 Å². The molecule has 17 heavy (non-hydrogen) atoms. The first kappa shape index (κ1) is 14.0. The highest BCUT2D eigenvalue weighted by molar-refractivity contribution is 7.91. The van der Waals surface area contributed by atoms with Crippen molar-refractivity contribution in [2.45, 2.75) is 31.2 Å². The van der Waals surface area contributed by atoms with E-state index in [4.69, 9.17) is 10.5 Å². The molecule has 2 N–H and O–H groups in total. The van der Waals surface area contributed by atoms with E-state index in [0.717, 1.165) is 5.56 Å². The molecule has 0 radical (unpaired) electrons. The number of nitrogens with two attached hydrogens (primary N) is 1.